The topological polar surface area (TPSA) is 36.0 Å². The highest BCUT2D eigenvalue weighted by Crippen LogP contribution is 2.27. The standard InChI is InChI=1S/C11H11NO/c1-8-2-4-9(5-3-8)10-6-7-12-11(10)13/h2-7,12-13H,1H3. The summed E-state index contributed by atoms with van der Waals surface area (Å²) in [6, 6.07) is 9.92. The molecule has 2 nitrogen and oxygen atoms in total. The second-order valence-corrected chi connectivity index (χ2v) is 3.11. The number of aryl methyl sites for hydroxylation is 1. The largest absolute Gasteiger partial charge is 0.494 e. The average Bonchev–Trinajstić information content (AvgIpc) is 2.53. The van der Waals surface area contributed by atoms with Crippen LogP contribution in [0.1, 0.15) is 5.56 Å². The van der Waals surface area contributed by atoms with Crippen molar-refractivity contribution in [2.45, 2.75) is 6.92 Å². The zero-order chi connectivity index (χ0) is 9.26. The summed E-state index contributed by atoms with van der Waals surface area (Å²) in [4.78, 5) is 2.74. The van der Waals surface area contributed by atoms with Crippen LogP contribution in [0.15, 0.2) is 36.5 Å². The molecule has 0 spiro atoms. The molecule has 1 heterocycles. The minimum absolute atomic E-state index is 0.226. The zero-order valence-corrected chi connectivity index (χ0v) is 7.41. The maximum Gasteiger partial charge on any atom is 0.196 e. The normalized spacial score (nSPS) is 10.2. The van der Waals surface area contributed by atoms with E-state index in [1.807, 2.05) is 37.3 Å². The van der Waals surface area contributed by atoms with Gasteiger partial charge in [0.15, 0.2) is 5.88 Å². The maximum absolute atomic E-state index is 9.42. The van der Waals surface area contributed by atoms with E-state index < -0.39 is 0 Å². The molecule has 2 rings (SSSR count). The summed E-state index contributed by atoms with van der Waals surface area (Å²) >= 11 is 0. The third-order valence-electron chi connectivity index (χ3n) is 2.09. The molecule has 0 aliphatic carbocycles. The molecule has 2 heteroatoms. The number of hydrogen-bond acceptors (Lipinski definition) is 1. The molecule has 66 valence electrons. The van der Waals surface area contributed by atoms with E-state index >= 15 is 0 Å². The zero-order valence-electron chi connectivity index (χ0n) is 7.41. The molecule has 2 aromatic rings. The Morgan fingerprint density at radius 2 is 1.77 bits per heavy atom. The average molecular weight is 173 g/mol. The van der Waals surface area contributed by atoms with Crippen LogP contribution in [0.4, 0.5) is 0 Å². The lowest BCUT2D eigenvalue weighted by molar-refractivity contribution is 0.459. The van der Waals surface area contributed by atoms with Crippen molar-refractivity contribution in [1.82, 2.24) is 4.98 Å². The third kappa shape index (κ3) is 1.43. The molecular formula is C11H11NO. The second-order valence-electron chi connectivity index (χ2n) is 3.11. The minimum atomic E-state index is 0.226. The lowest BCUT2D eigenvalue weighted by Crippen LogP contribution is -1.75. The fourth-order valence-corrected chi connectivity index (χ4v) is 1.33. The summed E-state index contributed by atoms with van der Waals surface area (Å²) in [6.07, 6.45) is 1.73. The van der Waals surface area contributed by atoms with Gasteiger partial charge in [-0.05, 0) is 18.6 Å². The first-order valence-corrected chi connectivity index (χ1v) is 4.21. The molecule has 0 aliphatic rings. The van der Waals surface area contributed by atoms with Crippen molar-refractivity contribution in [3.63, 3.8) is 0 Å². The van der Waals surface area contributed by atoms with Gasteiger partial charge in [0.2, 0.25) is 0 Å². The number of rotatable bonds is 1. The molecule has 0 bridgehead atoms. The van der Waals surface area contributed by atoms with E-state index in [0.29, 0.717) is 0 Å². The Morgan fingerprint density at radius 3 is 2.31 bits per heavy atom. The number of H-pyrrole nitrogens is 1. The van der Waals surface area contributed by atoms with Crippen LogP contribution < -0.4 is 0 Å². The number of aromatic hydroxyl groups is 1. The lowest BCUT2D eigenvalue weighted by atomic mass is 10.1. The molecule has 0 fully saturated rings. The Bertz CT molecular complexity index is 400. The van der Waals surface area contributed by atoms with Gasteiger partial charge < -0.3 is 10.1 Å². The van der Waals surface area contributed by atoms with E-state index in [-0.39, 0.29) is 5.88 Å². The van der Waals surface area contributed by atoms with Gasteiger partial charge in [0.25, 0.3) is 0 Å². The highest BCUT2D eigenvalue weighted by Gasteiger charge is 2.03. The third-order valence-corrected chi connectivity index (χ3v) is 2.09. The van der Waals surface area contributed by atoms with Gasteiger partial charge in [0, 0.05) is 11.8 Å². The van der Waals surface area contributed by atoms with Crippen molar-refractivity contribution in [1.29, 1.82) is 0 Å². The van der Waals surface area contributed by atoms with E-state index in [4.69, 9.17) is 0 Å². The Morgan fingerprint density at radius 1 is 1.08 bits per heavy atom. The van der Waals surface area contributed by atoms with Gasteiger partial charge in [0.1, 0.15) is 0 Å². The Labute approximate surface area is 76.9 Å². The molecule has 0 saturated heterocycles. The number of aromatic nitrogens is 1. The fraction of sp³-hybridized carbons (Fsp3) is 0.0909. The van der Waals surface area contributed by atoms with Crippen molar-refractivity contribution in [3.05, 3.63) is 42.1 Å². The van der Waals surface area contributed by atoms with Crippen molar-refractivity contribution in [2.75, 3.05) is 0 Å². The number of benzene rings is 1. The van der Waals surface area contributed by atoms with E-state index in [1.54, 1.807) is 6.20 Å². The first-order chi connectivity index (χ1) is 6.27. The van der Waals surface area contributed by atoms with Crippen LogP contribution in [0, 0.1) is 6.92 Å². The van der Waals surface area contributed by atoms with Crippen LogP contribution in [-0.2, 0) is 0 Å². The predicted octanol–water partition coefficient (Wildman–Crippen LogP) is 2.70. The Balaban J connectivity index is 2.47. The summed E-state index contributed by atoms with van der Waals surface area (Å²) in [7, 11) is 0. The summed E-state index contributed by atoms with van der Waals surface area (Å²) < 4.78 is 0. The van der Waals surface area contributed by atoms with Gasteiger partial charge in [-0.3, -0.25) is 0 Å². The predicted molar refractivity (Wildman–Crippen MR) is 52.6 cm³/mol. The Hall–Kier alpha value is -1.70. The van der Waals surface area contributed by atoms with Crippen LogP contribution in [0.2, 0.25) is 0 Å². The molecule has 0 unspecified atom stereocenters. The monoisotopic (exact) mass is 173 g/mol. The quantitative estimate of drug-likeness (QED) is 0.683. The van der Waals surface area contributed by atoms with Crippen molar-refractivity contribution >= 4 is 0 Å². The SMILES string of the molecule is Cc1ccc(-c2cc[nH]c2O)cc1. The first-order valence-electron chi connectivity index (χ1n) is 4.21. The number of aromatic amines is 1. The van der Waals surface area contributed by atoms with Gasteiger partial charge in [0.05, 0.1) is 0 Å². The Kier molecular flexibility index (Phi) is 1.81. The van der Waals surface area contributed by atoms with Gasteiger partial charge >= 0.3 is 0 Å². The minimum Gasteiger partial charge on any atom is -0.494 e. The fourth-order valence-electron chi connectivity index (χ4n) is 1.33. The molecular weight excluding hydrogens is 162 g/mol. The van der Waals surface area contributed by atoms with Crippen LogP contribution in [-0.4, -0.2) is 10.1 Å². The molecule has 1 aromatic carbocycles. The van der Waals surface area contributed by atoms with E-state index in [9.17, 15) is 5.11 Å². The van der Waals surface area contributed by atoms with Crippen LogP contribution in [0.3, 0.4) is 0 Å². The lowest BCUT2D eigenvalue weighted by Gasteiger charge is -1.99. The van der Waals surface area contributed by atoms with E-state index in [1.165, 1.54) is 5.56 Å². The summed E-state index contributed by atoms with van der Waals surface area (Å²) in [5.41, 5.74) is 3.10. The highest BCUT2D eigenvalue weighted by atomic mass is 16.3. The molecule has 1 aromatic heterocycles. The molecule has 0 radical (unpaired) electrons. The van der Waals surface area contributed by atoms with Gasteiger partial charge in [-0.2, -0.15) is 0 Å². The van der Waals surface area contributed by atoms with E-state index in [0.717, 1.165) is 11.1 Å². The second kappa shape index (κ2) is 2.98. The highest BCUT2D eigenvalue weighted by molar-refractivity contribution is 5.68. The van der Waals surface area contributed by atoms with Crippen molar-refractivity contribution in [2.24, 2.45) is 0 Å². The van der Waals surface area contributed by atoms with Crippen molar-refractivity contribution in [3.8, 4) is 17.0 Å². The summed E-state index contributed by atoms with van der Waals surface area (Å²) in [5.74, 6) is 0.226. The molecule has 0 aliphatic heterocycles. The van der Waals surface area contributed by atoms with Crippen LogP contribution in [0.25, 0.3) is 11.1 Å². The smallest absolute Gasteiger partial charge is 0.196 e. The molecule has 0 atom stereocenters. The van der Waals surface area contributed by atoms with Crippen LogP contribution >= 0.6 is 0 Å². The number of hydrogen-bond donors (Lipinski definition) is 2. The van der Waals surface area contributed by atoms with Gasteiger partial charge in [-0.25, -0.2) is 0 Å². The molecule has 0 amide bonds. The van der Waals surface area contributed by atoms with Crippen LogP contribution in [0.5, 0.6) is 5.88 Å². The molecule has 0 saturated carbocycles. The van der Waals surface area contributed by atoms with Gasteiger partial charge in [-0.1, -0.05) is 29.8 Å². The molecule has 2 N–H and O–H groups in total. The molecule has 13 heavy (non-hydrogen) atoms. The van der Waals surface area contributed by atoms with Crippen molar-refractivity contribution < 1.29 is 5.11 Å². The summed E-state index contributed by atoms with van der Waals surface area (Å²) in [6.45, 7) is 2.04. The maximum atomic E-state index is 9.42. The summed E-state index contributed by atoms with van der Waals surface area (Å²) in [5, 5.41) is 9.42. The van der Waals surface area contributed by atoms with Gasteiger partial charge in [-0.15, -0.1) is 0 Å². The number of nitrogens with one attached hydrogen (secondary N) is 1. The first kappa shape index (κ1) is 7.92. The van der Waals surface area contributed by atoms with E-state index in [2.05, 4.69) is 4.98 Å².